The molecule has 1 atom stereocenters. The van der Waals surface area contributed by atoms with E-state index in [1.165, 1.54) is 5.57 Å². The van der Waals surface area contributed by atoms with E-state index in [-0.39, 0.29) is 5.66 Å². The molecule has 21 heavy (non-hydrogen) atoms. The van der Waals surface area contributed by atoms with Gasteiger partial charge in [-0.25, -0.2) is 0 Å². The van der Waals surface area contributed by atoms with Gasteiger partial charge in [0.1, 0.15) is 7.14 Å². The van der Waals surface area contributed by atoms with Crippen molar-refractivity contribution in [1.29, 1.82) is 0 Å². The topological polar surface area (TPSA) is 17.1 Å². The maximum atomic E-state index is 14.0. The van der Waals surface area contributed by atoms with Crippen LogP contribution in [-0.4, -0.2) is 5.66 Å². The molecule has 2 rings (SSSR count). The molecule has 0 N–H and O–H groups in total. The van der Waals surface area contributed by atoms with Gasteiger partial charge in [0, 0.05) is 16.3 Å². The van der Waals surface area contributed by atoms with E-state index >= 15 is 0 Å². The van der Waals surface area contributed by atoms with Crippen LogP contribution in [0.15, 0.2) is 72.3 Å². The van der Waals surface area contributed by atoms with Crippen molar-refractivity contribution in [3.05, 3.63) is 72.3 Å². The van der Waals surface area contributed by atoms with E-state index in [9.17, 15) is 4.57 Å². The molecule has 0 aliphatic carbocycles. The number of benzene rings is 2. The van der Waals surface area contributed by atoms with Crippen molar-refractivity contribution >= 4 is 17.8 Å². The fraction of sp³-hybridized carbons (Fsp3) is 0.263. The Morgan fingerprint density at radius 2 is 1.43 bits per heavy atom. The quantitative estimate of drug-likeness (QED) is 0.575. The molecule has 0 bridgehead atoms. The molecule has 0 saturated carbocycles. The van der Waals surface area contributed by atoms with Crippen molar-refractivity contribution < 1.29 is 4.57 Å². The third kappa shape index (κ3) is 3.04. The van der Waals surface area contributed by atoms with E-state index in [0.717, 1.165) is 17.0 Å². The molecule has 0 spiro atoms. The SMILES string of the molecule is CC=C(CC)C(C)P(=O)(c1ccccc1)c1ccccc1. The minimum absolute atomic E-state index is 0.0253. The summed E-state index contributed by atoms with van der Waals surface area (Å²) < 4.78 is 14.0. The van der Waals surface area contributed by atoms with Crippen LogP contribution in [0.1, 0.15) is 27.2 Å². The van der Waals surface area contributed by atoms with Crippen LogP contribution in [0.4, 0.5) is 0 Å². The fourth-order valence-corrected chi connectivity index (χ4v) is 6.09. The highest BCUT2D eigenvalue weighted by Crippen LogP contribution is 2.51. The van der Waals surface area contributed by atoms with Crippen LogP contribution in [0.25, 0.3) is 0 Å². The number of hydrogen-bond acceptors (Lipinski definition) is 1. The summed E-state index contributed by atoms with van der Waals surface area (Å²) in [5.74, 6) is 0. The molecule has 1 nitrogen and oxygen atoms in total. The van der Waals surface area contributed by atoms with Crippen LogP contribution in [0.3, 0.4) is 0 Å². The van der Waals surface area contributed by atoms with Gasteiger partial charge in [0.15, 0.2) is 0 Å². The molecule has 2 heteroatoms. The lowest BCUT2D eigenvalue weighted by Gasteiger charge is -2.27. The Bertz CT molecular complexity index is 600. The Kier molecular flexibility index (Phi) is 5.20. The average molecular weight is 298 g/mol. The first-order chi connectivity index (χ1) is 10.1. The summed E-state index contributed by atoms with van der Waals surface area (Å²) in [4.78, 5) is 0. The molecule has 2 aromatic rings. The first kappa shape index (κ1) is 15.8. The van der Waals surface area contributed by atoms with Crippen LogP contribution in [0.2, 0.25) is 0 Å². The first-order valence-electron chi connectivity index (χ1n) is 7.50. The lowest BCUT2D eigenvalue weighted by atomic mass is 10.1. The van der Waals surface area contributed by atoms with Gasteiger partial charge in [0.25, 0.3) is 0 Å². The van der Waals surface area contributed by atoms with Crippen LogP contribution in [-0.2, 0) is 4.57 Å². The van der Waals surface area contributed by atoms with Crippen molar-refractivity contribution in [3.8, 4) is 0 Å². The Balaban J connectivity index is 2.64. The third-order valence-electron chi connectivity index (χ3n) is 4.14. The standard InChI is InChI=1S/C19H23OP/c1-4-17(5-2)16(3)21(20,18-12-8-6-9-13-18)19-14-10-7-11-15-19/h4,6-16H,5H2,1-3H3. The molecule has 0 aromatic heterocycles. The highest BCUT2D eigenvalue weighted by molar-refractivity contribution is 7.79. The second-order valence-electron chi connectivity index (χ2n) is 5.22. The zero-order valence-corrected chi connectivity index (χ0v) is 13.9. The zero-order chi connectivity index (χ0) is 15.3. The predicted octanol–water partition coefficient (Wildman–Crippen LogP) is 4.75. The lowest BCUT2D eigenvalue weighted by Crippen LogP contribution is -2.25. The predicted molar refractivity (Wildman–Crippen MR) is 93.3 cm³/mol. The molecule has 0 aliphatic heterocycles. The van der Waals surface area contributed by atoms with Gasteiger partial charge in [-0.15, -0.1) is 0 Å². The van der Waals surface area contributed by atoms with Gasteiger partial charge in [-0.05, 0) is 13.3 Å². The van der Waals surface area contributed by atoms with Crippen molar-refractivity contribution in [2.24, 2.45) is 0 Å². The van der Waals surface area contributed by atoms with Crippen molar-refractivity contribution in [1.82, 2.24) is 0 Å². The summed E-state index contributed by atoms with van der Waals surface area (Å²) in [5.41, 5.74) is 1.28. The van der Waals surface area contributed by atoms with Crippen LogP contribution >= 0.6 is 7.14 Å². The fourth-order valence-electron chi connectivity index (χ4n) is 2.87. The normalized spacial score (nSPS) is 14.0. The maximum Gasteiger partial charge on any atom is 0.149 e. The van der Waals surface area contributed by atoms with Crippen molar-refractivity contribution in [2.45, 2.75) is 32.9 Å². The summed E-state index contributed by atoms with van der Waals surface area (Å²) >= 11 is 0. The minimum Gasteiger partial charge on any atom is -0.313 e. The van der Waals surface area contributed by atoms with E-state index in [1.54, 1.807) is 0 Å². The highest BCUT2D eigenvalue weighted by atomic mass is 31.2. The zero-order valence-electron chi connectivity index (χ0n) is 13.0. The molecule has 1 unspecified atom stereocenters. The van der Waals surface area contributed by atoms with Gasteiger partial charge in [-0.2, -0.15) is 0 Å². The largest absolute Gasteiger partial charge is 0.313 e. The van der Waals surface area contributed by atoms with Gasteiger partial charge >= 0.3 is 0 Å². The molecule has 0 radical (unpaired) electrons. The molecule has 0 aliphatic rings. The van der Waals surface area contributed by atoms with Gasteiger partial charge < -0.3 is 4.57 Å². The molecule has 0 amide bonds. The first-order valence-corrected chi connectivity index (χ1v) is 9.28. The maximum absolute atomic E-state index is 14.0. The molecule has 110 valence electrons. The summed E-state index contributed by atoms with van der Waals surface area (Å²) in [5, 5.41) is 1.88. The molecule has 0 fully saturated rings. The summed E-state index contributed by atoms with van der Waals surface area (Å²) in [6.45, 7) is 6.27. The van der Waals surface area contributed by atoms with E-state index in [1.807, 2.05) is 67.6 Å². The Morgan fingerprint density at radius 1 is 1.00 bits per heavy atom. The number of rotatable bonds is 5. The highest BCUT2D eigenvalue weighted by Gasteiger charge is 2.34. The van der Waals surface area contributed by atoms with Crippen LogP contribution in [0, 0.1) is 0 Å². The van der Waals surface area contributed by atoms with E-state index in [2.05, 4.69) is 19.9 Å². The monoisotopic (exact) mass is 298 g/mol. The van der Waals surface area contributed by atoms with E-state index in [0.29, 0.717) is 0 Å². The average Bonchev–Trinajstić information content (AvgIpc) is 2.56. The molecule has 0 heterocycles. The smallest absolute Gasteiger partial charge is 0.149 e. The van der Waals surface area contributed by atoms with Crippen LogP contribution < -0.4 is 10.6 Å². The summed E-state index contributed by atoms with van der Waals surface area (Å²) in [7, 11) is -2.67. The molecular weight excluding hydrogens is 275 g/mol. The number of allylic oxidation sites excluding steroid dienone is 2. The Morgan fingerprint density at radius 3 is 1.76 bits per heavy atom. The van der Waals surface area contributed by atoms with E-state index in [4.69, 9.17) is 0 Å². The summed E-state index contributed by atoms with van der Waals surface area (Å²) in [6.07, 6.45) is 3.05. The summed E-state index contributed by atoms with van der Waals surface area (Å²) in [6, 6.07) is 19.8. The third-order valence-corrected chi connectivity index (χ3v) is 7.69. The lowest BCUT2D eigenvalue weighted by molar-refractivity contribution is 0.582. The van der Waals surface area contributed by atoms with Crippen LogP contribution in [0.5, 0.6) is 0 Å². The Labute approximate surface area is 128 Å². The van der Waals surface area contributed by atoms with Gasteiger partial charge in [0.05, 0.1) is 0 Å². The molecular formula is C19H23OP. The van der Waals surface area contributed by atoms with Gasteiger partial charge in [0.2, 0.25) is 0 Å². The van der Waals surface area contributed by atoms with Crippen molar-refractivity contribution in [3.63, 3.8) is 0 Å². The second kappa shape index (κ2) is 6.91. The van der Waals surface area contributed by atoms with Gasteiger partial charge in [-0.1, -0.05) is 86.2 Å². The second-order valence-corrected chi connectivity index (χ2v) is 8.35. The number of hydrogen-bond donors (Lipinski definition) is 0. The molecule has 0 saturated heterocycles. The Hall–Kier alpha value is -1.59. The minimum atomic E-state index is -2.67. The van der Waals surface area contributed by atoms with Crippen molar-refractivity contribution in [2.75, 3.05) is 0 Å². The van der Waals surface area contributed by atoms with E-state index < -0.39 is 7.14 Å². The van der Waals surface area contributed by atoms with Gasteiger partial charge in [-0.3, -0.25) is 0 Å². The molecule has 2 aromatic carbocycles.